The van der Waals surface area contributed by atoms with E-state index in [-0.39, 0.29) is 0 Å². The number of fused-ring (bicyclic) bond motifs is 4. The number of pyridine rings is 2. The van der Waals surface area contributed by atoms with Crippen molar-refractivity contribution in [3.63, 3.8) is 0 Å². The number of nitrogens with zero attached hydrogens (tertiary/aromatic N) is 2. The SMILES string of the molecule is CSc1c2c3cc(C)cc4c(cc1n43)CSCc1cccc(n1)CSC2. The molecule has 0 atom stereocenters. The molecule has 0 saturated heterocycles. The molecule has 6 rings (SSSR count). The third kappa shape index (κ3) is 2.72. The second-order valence-electron chi connectivity index (χ2n) is 6.81. The second-order valence-corrected chi connectivity index (χ2v) is 9.60. The maximum atomic E-state index is 4.85. The van der Waals surface area contributed by atoms with E-state index in [1.807, 2.05) is 35.3 Å². The van der Waals surface area contributed by atoms with Crippen LogP contribution in [-0.2, 0) is 23.0 Å². The molecule has 0 aliphatic carbocycles. The standard InChI is InChI=1S/C21H20N2S3/c1-13-6-18-14-8-20-21(24-2)17(19(7-13)23(18)20)12-26-11-16-5-3-4-15(22-16)10-25-9-14/h3-8H,9-12H2,1-2H3. The highest BCUT2D eigenvalue weighted by Crippen LogP contribution is 2.40. The lowest BCUT2D eigenvalue weighted by atomic mass is 10.1. The van der Waals surface area contributed by atoms with Gasteiger partial charge in [-0.05, 0) is 54.6 Å². The van der Waals surface area contributed by atoms with Crippen LogP contribution < -0.4 is 0 Å². The molecule has 0 amide bonds. The summed E-state index contributed by atoms with van der Waals surface area (Å²) >= 11 is 5.83. The summed E-state index contributed by atoms with van der Waals surface area (Å²) in [5.74, 6) is 4.01. The van der Waals surface area contributed by atoms with Gasteiger partial charge in [-0.15, -0.1) is 11.8 Å². The molecule has 0 saturated carbocycles. The minimum Gasteiger partial charge on any atom is -0.309 e. The lowest BCUT2D eigenvalue weighted by Crippen LogP contribution is -1.95. The van der Waals surface area contributed by atoms with Crippen LogP contribution >= 0.6 is 35.3 Å². The quantitative estimate of drug-likeness (QED) is 0.360. The predicted molar refractivity (Wildman–Crippen MR) is 117 cm³/mol. The van der Waals surface area contributed by atoms with Crippen LogP contribution in [0.2, 0.25) is 0 Å². The average molecular weight is 397 g/mol. The highest BCUT2D eigenvalue weighted by atomic mass is 32.2. The largest absolute Gasteiger partial charge is 0.309 e. The molecule has 0 spiro atoms. The molecule has 2 aliphatic heterocycles. The minimum atomic E-state index is 0.971. The first-order valence-electron chi connectivity index (χ1n) is 8.78. The topological polar surface area (TPSA) is 17.3 Å². The molecule has 132 valence electrons. The second kappa shape index (κ2) is 6.70. The number of aromatic nitrogens is 2. The van der Waals surface area contributed by atoms with Crippen LogP contribution in [0.15, 0.2) is 41.3 Å². The summed E-state index contributed by atoms with van der Waals surface area (Å²) in [5.41, 5.74) is 10.8. The summed E-state index contributed by atoms with van der Waals surface area (Å²) in [6.45, 7) is 2.22. The van der Waals surface area contributed by atoms with Crippen molar-refractivity contribution < 1.29 is 0 Å². The first-order chi connectivity index (χ1) is 12.7. The molecular formula is C21H20N2S3. The van der Waals surface area contributed by atoms with Gasteiger partial charge in [0.1, 0.15) is 0 Å². The maximum Gasteiger partial charge on any atom is 0.0605 e. The molecule has 0 unspecified atom stereocenters. The zero-order valence-electron chi connectivity index (χ0n) is 14.9. The van der Waals surface area contributed by atoms with Crippen molar-refractivity contribution in [1.29, 1.82) is 0 Å². The average Bonchev–Trinajstić information content (AvgIpc) is 3.12. The van der Waals surface area contributed by atoms with Crippen LogP contribution in [0, 0.1) is 6.92 Å². The van der Waals surface area contributed by atoms with Crippen LogP contribution in [-0.4, -0.2) is 15.6 Å². The number of thioether (sulfide) groups is 3. The fourth-order valence-electron chi connectivity index (χ4n) is 3.89. The predicted octanol–water partition coefficient (Wildman–Crippen LogP) is 6.14. The Balaban J connectivity index is 1.70. The van der Waals surface area contributed by atoms with Crippen molar-refractivity contribution in [2.45, 2.75) is 34.8 Å². The van der Waals surface area contributed by atoms with E-state index >= 15 is 0 Å². The van der Waals surface area contributed by atoms with E-state index in [1.54, 1.807) is 0 Å². The Bertz CT molecular complexity index is 1100. The Kier molecular flexibility index (Phi) is 4.34. The van der Waals surface area contributed by atoms with Crippen LogP contribution in [0.1, 0.15) is 28.1 Å². The molecule has 8 bridgehead atoms. The Morgan fingerprint density at radius 1 is 0.923 bits per heavy atom. The van der Waals surface area contributed by atoms with Crippen molar-refractivity contribution in [3.8, 4) is 0 Å². The highest BCUT2D eigenvalue weighted by molar-refractivity contribution is 7.99. The summed E-state index contributed by atoms with van der Waals surface area (Å²) in [6, 6.07) is 13.6. The molecular weight excluding hydrogens is 376 g/mol. The maximum absolute atomic E-state index is 4.85. The number of hydrogen-bond donors (Lipinski definition) is 0. The van der Waals surface area contributed by atoms with E-state index in [9.17, 15) is 0 Å². The molecule has 0 radical (unpaired) electrons. The lowest BCUT2D eigenvalue weighted by molar-refractivity contribution is 1.09. The van der Waals surface area contributed by atoms with Gasteiger partial charge in [0, 0.05) is 33.5 Å². The summed E-state index contributed by atoms with van der Waals surface area (Å²) in [6.07, 6.45) is 2.21. The van der Waals surface area contributed by atoms with Crippen molar-refractivity contribution in [1.82, 2.24) is 9.38 Å². The smallest absolute Gasteiger partial charge is 0.0605 e. The summed E-state index contributed by atoms with van der Waals surface area (Å²) in [5, 5.41) is 0. The number of aryl methyl sites for hydroxylation is 1. The van der Waals surface area contributed by atoms with Gasteiger partial charge in [0.05, 0.1) is 27.9 Å². The van der Waals surface area contributed by atoms with Gasteiger partial charge >= 0.3 is 0 Å². The van der Waals surface area contributed by atoms with Crippen LogP contribution in [0.25, 0.3) is 16.6 Å². The van der Waals surface area contributed by atoms with E-state index in [2.05, 4.69) is 54.0 Å². The first-order valence-corrected chi connectivity index (χ1v) is 12.3. The third-order valence-corrected chi connectivity index (χ3v) is 7.85. The highest BCUT2D eigenvalue weighted by Gasteiger charge is 2.20. The third-order valence-electron chi connectivity index (χ3n) is 4.98. The first kappa shape index (κ1) is 16.8. The zero-order valence-corrected chi connectivity index (χ0v) is 17.4. The van der Waals surface area contributed by atoms with Gasteiger partial charge in [-0.25, -0.2) is 0 Å². The Morgan fingerprint density at radius 2 is 1.65 bits per heavy atom. The van der Waals surface area contributed by atoms with E-state index in [1.165, 1.54) is 49.5 Å². The van der Waals surface area contributed by atoms with Crippen molar-refractivity contribution in [2.75, 3.05) is 6.26 Å². The molecule has 2 aliphatic rings. The van der Waals surface area contributed by atoms with Gasteiger partial charge < -0.3 is 4.40 Å². The van der Waals surface area contributed by atoms with Gasteiger partial charge in [-0.1, -0.05) is 6.07 Å². The van der Waals surface area contributed by atoms with Gasteiger partial charge in [-0.3, -0.25) is 4.98 Å². The zero-order chi connectivity index (χ0) is 17.7. The number of rotatable bonds is 1. The minimum absolute atomic E-state index is 0.971. The van der Waals surface area contributed by atoms with E-state index in [0.29, 0.717) is 0 Å². The van der Waals surface area contributed by atoms with Crippen molar-refractivity contribution >= 4 is 51.8 Å². The monoisotopic (exact) mass is 396 g/mol. The molecule has 6 heterocycles. The molecule has 4 aromatic heterocycles. The van der Waals surface area contributed by atoms with E-state index in [4.69, 9.17) is 4.98 Å². The Hall–Kier alpha value is -1.30. The van der Waals surface area contributed by atoms with Crippen LogP contribution in [0.3, 0.4) is 0 Å². The molecule has 0 fully saturated rings. The van der Waals surface area contributed by atoms with Crippen molar-refractivity contribution in [2.24, 2.45) is 0 Å². The molecule has 5 heteroatoms. The van der Waals surface area contributed by atoms with Crippen LogP contribution in [0.4, 0.5) is 0 Å². The van der Waals surface area contributed by atoms with Gasteiger partial charge in [0.15, 0.2) is 0 Å². The molecule has 2 nitrogen and oxygen atoms in total. The fourth-order valence-corrected chi connectivity index (χ4v) is 6.65. The molecule has 0 N–H and O–H groups in total. The van der Waals surface area contributed by atoms with E-state index in [0.717, 1.165) is 23.0 Å². The molecule has 26 heavy (non-hydrogen) atoms. The lowest BCUT2D eigenvalue weighted by Gasteiger charge is -2.09. The van der Waals surface area contributed by atoms with Gasteiger partial charge in [0.2, 0.25) is 0 Å². The molecule has 4 aromatic rings. The fraction of sp³-hybridized carbons (Fsp3) is 0.286. The molecule has 0 aromatic carbocycles. The van der Waals surface area contributed by atoms with Gasteiger partial charge in [-0.2, -0.15) is 23.5 Å². The van der Waals surface area contributed by atoms with E-state index < -0.39 is 0 Å². The number of hydrogen-bond acceptors (Lipinski definition) is 4. The van der Waals surface area contributed by atoms with Crippen LogP contribution in [0.5, 0.6) is 0 Å². The Labute approximate surface area is 166 Å². The van der Waals surface area contributed by atoms with Crippen molar-refractivity contribution in [3.05, 3.63) is 64.5 Å². The van der Waals surface area contributed by atoms with Gasteiger partial charge in [0.25, 0.3) is 0 Å². The normalized spacial score (nSPS) is 15.3. The summed E-state index contributed by atoms with van der Waals surface area (Å²) < 4.78 is 2.49. The Morgan fingerprint density at radius 3 is 2.42 bits per heavy atom. The summed E-state index contributed by atoms with van der Waals surface area (Å²) in [7, 11) is 0. The summed E-state index contributed by atoms with van der Waals surface area (Å²) in [4.78, 5) is 6.30.